The maximum atomic E-state index is 12.7. The SMILES string of the molecule is COC(=O)c1cc(Cl)ccc1Nc1ccc2c(c1)CN(Cc1ccccc1)C2=O. The number of rotatable bonds is 5. The van der Waals surface area contributed by atoms with Crippen LogP contribution in [0.25, 0.3) is 0 Å². The number of methoxy groups -OCH3 is 1. The average molecular weight is 407 g/mol. The Labute approximate surface area is 173 Å². The summed E-state index contributed by atoms with van der Waals surface area (Å²) in [6.07, 6.45) is 0. The molecule has 146 valence electrons. The summed E-state index contributed by atoms with van der Waals surface area (Å²) in [6, 6.07) is 20.5. The second-order valence-electron chi connectivity index (χ2n) is 6.83. The molecule has 0 unspecified atom stereocenters. The number of hydrogen-bond acceptors (Lipinski definition) is 4. The second-order valence-corrected chi connectivity index (χ2v) is 7.26. The Kier molecular flexibility index (Phi) is 5.23. The molecule has 1 N–H and O–H groups in total. The van der Waals surface area contributed by atoms with Crippen LogP contribution in [0, 0.1) is 0 Å². The number of halogens is 1. The number of nitrogens with zero attached hydrogens (tertiary/aromatic N) is 1. The van der Waals surface area contributed by atoms with Gasteiger partial charge in [0.05, 0.1) is 18.4 Å². The van der Waals surface area contributed by atoms with Crippen LogP contribution in [-0.2, 0) is 17.8 Å². The van der Waals surface area contributed by atoms with Crippen molar-refractivity contribution < 1.29 is 14.3 Å². The molecule has 0 saturated carbocycles. The van der Waals surface area contributed by atoms with Gasteiger partial charge in [0, 0.05) is 29.4 Å². The Morgan fingerprint density at radius 1 is 1.10 bits per heavy atom. The first kappa shape index (κ1) is 19.0. The molecule has 1 heterocycles. The van der Waals surface area contributed by atoms with Gasteiger partial charge in [-0.15, -0.1) is 0 Å². The smallest absolute Gasteiger partial charge is 0.340 e. The van der Waals surface area contributed by atoms with E-state index in [0.29, 0.717) is 34.9 Å². The van der Waals surface area contributed by atoms with Crippen molar-refractivity contribution in [3.05, 3.63) is 94.0 Å². The lowest BCUT2D eigenvalue weighted by molar-refractivity contribution is 0.0601. The van der Waals surface area contributed by atoms with Gasteiger partial charge in [-0.25, -0.2) is 4.79 Å². The van der Waals surface area contributed by atoms with Gasteiger partial charge in [0.1, 0.15) is 0 Å². The van der Waals surface area contributed by atoms with E-state index < -0.39 is 5.97 Å². The number of fused-ring (bicyclic) bond motifs is 1. The van der Waals surface area contributed by atoms with E-state index in [-0.39, 0.29) is 5.91 Å². The third-order valence-electron chi connectivity index (χ3n) is 4.87. The van der Waals surface area contributed by atoms with Crippen molar-refractivity contribution >= 4 is 34.9 Å². The molecule has 0 aliphatic carbocycles. The van der Waals surface area contributed by atoms with E-state index in [0.717, 1.165) is 16.8 Å². The van der Waals surface area contributed by atoms with Gasteiger partial charge < -0.3 is 15.0 Å². The normalized spacial score (nSPS) is 12.6. The van der Waals surface area contributed by atoms with Crippen LogP contribution >= 0.6 is 11.6 Å². The fraction of sp³-hybridized carbons (Fsp3) is 0.130. The summed E-state index contributed by atoms with van der Waals surface area (Å²) < 4.78 is 4.84. The third-order valence-corrected chi connectivity index (χ3v) is 5.10. The van der Waals surface area contributed by atoms with Gasteiger partial charge in [-0.2, -0.15) is 0 Å². The Hall–Kier alpha value is -3.31. The molecule has 1 amide bonds. The van der Waals surface area contributed by atoms with Crippen LogP contribution in [-0.4, -0.2) is 23.9 Å². The minimum Gasteiger partial charge on any atom is -0.465 e. The van der Waals surface area contributed by atoms with Crippen LogP contribution < -0.4 is 5.32 Å². The van der Waals surface area contributed by atoms with Crippen LogP contribution in [0.1, 0.15) is 31.8 Å². The fourth-order valence-electron chi connectivity index (χ4n) is 3.45. The molecule has 0 saturated heterocycles. The molecule has 0 aromatic heterocycles. The Bertz CT molecular complexity index is 1080. The zero-order valence-electron chi connectivity index (χ0n) is 15.8. The minimum atomic E-state index is -0.472. The Morgan fingerprint density at radius 2 is 1.90 bits per heavy atom. The number of carbonyl (C=O) groups is 2. The van der Waals surface area contributed by atoms with Crippen molar-refractivity contribution in [2.45, 2.75) is 13.1 Å². The van der Waals surface area contributed by atoms with E-state index in [1.165, 1.54) is 7.11 Å². The molecule has 0 spiro atoms. The van der Waals surface area contributed by atoms with E-state index in [1.807, 2.05) is 53.4 Å². The van der Waals surface area contributed by atoms with Crippen LogP contribution in [0.3, 0.4) is 0 Å². The maximum absolute atomic E-state index is 12.7. The molecule has 6 heteroatoms. The lowest BCUT2D eigenvalue weighted by Crippen LogP contribution is -2.23. The van der Waals surface area contributed by atoms with Gasteiger partial charge in [0.2, 0.25) is 0 Å². The molecule has 0 atom stereocenters. The van der Waals surface area contributed by atoms with Gasteiger partial charge >= 0.3 is 5.97 Å². The van der Waals surface area contributed by atoms with E-state index in [2.05, 4.69) is 5.32 Å². The van der Waals surface area contributed by atoms with Crippen LogP contribution in [0.4, 0.5) is 11.4 Å². The molecule has 29 heavy (non-hydrogen) atoms. The quantitative estimate of drug-likeness (QED) is 0.604. The van der Waals surface area contributed by atoms with Crippen LogP contribution in [0.2, 0.25) is 5.02 Å². The average Bonchev–Trinajstić information content (AvgIpc) is 3.04. The molecule has 0 fully saturated rings. The molecule has 0 radical (unpaired) electrons. The molecule has 1 aliphatic rings. The molecule has 0 bridgehead atoms. The largest absolute Gasteiger partial charge is 0.465 e. The van der Waals surface area contributed by atoms with Gasteiger partial charge in [0.25, 0.3) is 5.91 Å². The van der Waals surface area contributed by atoms with Crippen LogP contribution in [0.15, 0.2) is 66.7 Å². The van der Waals surface area contributed by atoms with E-state index in [4.69, 9.17) is 16.3 Å². The number of esters is 1. The standard InChI is InChI=1S/C23H19ClN2O3/c1-29-23(28)20-12-17(24)7-10-21(20)25-18-8-9-19-16(11-18)14-26(22(19)27)13-15-5-3-2-4-6-15/h2-12,25H,13-14H2,1H3. The summed E-state index contributed by atoms with van der Waals surface area (Å²) in [5, 5.41) is 3.69. The van der Waals surface area contributed by atoms with E-state index in [1.54, 1.807) is 18.2 Å². The first-order valence-electron chi connectivity index (χ1n) is 9.16. The number of amides is 1. The molecule has 3 aromatic carbocycles. The number of nitrogens with one attached hydrogen (secondary N) is 1. The third kappa shape index (κ3) is 3.96. The molecule has 1 aliphatic heterocycles. The monoisotopic (exact) mass is 406 g/mol. The number of carbonyl (C=O) groups excluding carboxylic acids is 2. The first-order valence-corrected chi connectivity index (χ1v) is 9.54. The lowest BCUT2D eigenvalue weighted by Gasteiger charge is -2.15. The predicted octanol–water partition coefficient (Wildman–Crippen LogP) is 5.03. The molecule has 3 aromatic rings. The van der Waals surface area contributed by atoms with Gasteiger partial charge in [-0.3, -0.25) is 4.79 Å². The first-order chi connectivity index (χ1) is 14.0. The molecular formula is C23H19ClN2O3. The number of anilines is 2. The Balaban J connectivity index is 1.56. The second kappa shape index (κ2) is 7.97. The summed E-state index contributed by atoms with van der Waals surface area (Å²) in [6.45, 7) is 1.11. The summed E-state index contributed by atoms with van der Waals surface area (Å²) in [5.41, 5.74) is 4.47. The van der Waals surface area contributed by atoms with E-state index in [9.17, 15) is 9.59 Å². The lowest BCUT2D eigenvalue weighted by atomic mass is 10.1. The molecule has 4 rings (SSSR count). The van der Waals surface area contributed by atoms with Crippen LogP contribution in [0.5, 0.6) is 0 Å². The number of benzene rings is 3. The number of ether oxygens (including phenoxy) is 1. The highest BCUT2D eigenvalue weighted by Crippen LogP contribution is 2.30. The number of hydrogen-bond donors (Lipinski definition) is 1. The highest BCUT2D eigenvalue weighted by molar-refractivity contribution is 6.31. The fourth-order valence-corrected chi connectivity index (χ4v) is 3.62. The minimum absolute atomic E-state index is 0.0251. The zero-order valence-corrected chi connectivity index (χ0v) is 16.6. The highest BCUT2D eigenvalue weighted by Gasteiger charge is 2.27. The maximum Gasteiger partial charge on any atom is 0.340 e. The van der Waals surface area contributed by atoms with Crippen molar-refractivity contribution in [1.29, 1.82) is 0 Å². The molecule has 5 nitrogen and oxygen atoms in total. The van der Waals surface area contributed by atoms with Gasteiger partial charge in [0.15, 0.2) is 0 Å². The summed E-state index contributed by atoms with van der Waals surface area (Å²) in [7, 11) is 1.33. The van der Waals surface area contributed by atoms with Crippen molar-refractivity contribution in [3.8, 4) is 0 Å². The summed E-state index contributed by atoms with van der Waals surface area (Å²) in [5.74, 6) is -0.447. The Morgan fingerprint density at radius 3 is 2.66 bits per heavy atom. The van der Waals surface area contributed by atoms with Crippen molar-refractivity contribution in [3.63, 3.8) is 0 Å². The van der Waals surface area contributed by atoms with Crippen molar-refractivity contribution in [2.75, 3.05) is 12.4 Å². The molecular weight excluding hydrogens is 388 g/mol. The van der Waals surface area contributed by atoms with E-state index >= 15 is 0 Å². The van der Waals surface area contributed by atoms with Crippen molar-refractivity contribution in [2.24, 2.45) is 0 Å². The predicted molar refractivity (Wildman–Crippen MR) is 113 cm³/mol. The van der Waals surface area contributed by atoms with Gasteiger partial charge in [-0.05, 0) is 47.5 Å². The summed E-state index contributed by atoms with van der Waals surface area (Å²) >= 11 is 6.02. The zero-order chi connectivity index (χ0) is 20.4. The summed E-state index contributed by atoms with van der Waals surface area (Å²) in [4.78, 5) is 26.6. The van der Waals surface area contributed by atoms with Gasteiger partial charge in [-0.1, -0.05) is 41.9 Å². The van der Waals surface area contributed by atoms with Crippen molar-refractivity contribution in [1.82, 2.24) is 4.90 Å². The topological polar surface area (TPSA) is 58.6 Å². The highest BCUT2D eigenvalue weighted by atomic mass is 35.5.